The molecular formula is C16H14N5+. The van der Waals surface area contributed by atoms with E-state index in [1.807, 2.05) is 23.7 Å². The molecule has 0 saturated heterocycles. The molecule has 4 aromatic rings. The van der Waals surface area contributed by atoms with Crippen molar-refractivity contribution in [2.24, 2.45) is 14.0 Å². The van der Waals surface area contributed by atoms with Gasteiger partial charge >= 0.3 is 0 Å². The molecule has 1 aliphatic rings. The van der Waals surface area contributed by atoms with E-state index in [9.17, 15) is 0 Å². The summed E-state index contributed by atoms with van der Waals surface area (Å²) in [5.74, 6) is 0.918. The predicted octanol–water partition coefficient (Wildman–Crippen LogP) is 1.78. The van der Waals surface area contributed by atoms with E-state index in [0.29, 0.717) is 23.2 Å². The van der Waals surface area contributed by atoms with Crippen LogP contribution in [0.3, 0.4) is 0 Å². The minimum atomic E-state index is -2.28. The van der Waals surface area contributed by atoms with Crippen molar-refractivity contribution in [3.8, 4) is 11.5 Å². The summed E-state index contributed by atoms with van der Waals surface area (Å²) < 4.78 is 29.4. The lowest BCUT2D eigenvalue weighted by Gasteiger charge is -1.97. The van der Waals surface area contributed by atoms with Gasteiger partial charge in [0.15, 0.2) is 0 Å². The summed E-state index contributed by atoms with van der Waals surface area (Å²) in [5, 5.41) is 0. The van der Waals surface area contributed by atoms with Crippen LogP contribution in [0.1, 0.15) is 9.68 Å². The maximum Gasteiger partial charge on any atom is 0.271 e. The van der Waals surface area contributed by atoms with Crippen LogP contribution in [0, 0.1) is 0 Å². The number of imidazole rings is 1. The lowest BCUT2D eigenvalue weighted by molar-refractivity contribution is -0.636. The lowest BCUT2D eigenvalue weighted by atomic mass is 10.2. The maximum absolute atomic E-state index is 7.98. The van der Waals surface area contributed by atoms with Crippen molar-refractivity contribution in [2.75, 3.05) is 0 Å². The number of pyridine rings is 2. The molecular weight excluding hydrogens is 262 g/mol. The monoisotopic (exact) mass is 279 g/mol. The Hall–Kier alpha value is -2.69. The van der Waals surface area contributed by atoms with Gasteiger partial charge in [-0.15, -0.1) is 0 Å². The van der Waals surface area contributed by atoms with Crippen molar-refractivity contribution < 1.29 is 8.68 Å². The van der Waals surface area contributed by atoms with Crippen molar-refractivity contribution >= 4 is 22.2 Å². The molecule has 1 aliphatic heterocycles. The Bertz CT molecular complexity index is 1140. The second-order valence-electron chi connectivity index (χ2n) is 5.36. The largest absolute Gasteiger partial charge is 0.271 e. The fourth-order valence-corrected chi connectivity index (χ4v) is 3.41. The first kappa shape index (κ1) is 8.56. The van der Waals surface area contributed by atoms with E-state index in [0.717, 1.165) is 22.6 Å². The van der Waals surface area contributed by atoms with Crippen molar-refractivity contribution in [3.63, 3.8) is 0 Å². The molecule has 0 saturated carbocycles. The molecule has 0 fully saturated rings. The Kier molecular flexibility index (Phi) is 1.42. The normalized spacial score (nSPS) is 15.8. The zero-order valence-corrected chi connectivity index (χ0v) is 11.4. The van der Waals surface area contributed by atoms with Gasteiger partial charge in [0.2, 0.25) is 5.52 Å². The zero-order chi connectivity index (χ0) is 16.6. The van der Waals surface area contributed by atoms with Gasteiger partial charge in [0, 0.05) is 18.0 Å². The van der Waals surface area contributed by atoms with Gasteiger partial charge in [-0.05, 0) is 18.2 Å². The van der Waals surface area contributed by atoms with Gasteiger partial charge in [0.1, 0.15) is 16.7 Å². The first-order valence-corrected chi connectivity index (χ1v) is 6.81. The lowest BCUT2D eigenvalue weighted by Crippen LogP contribution is -2.31. The molecule has 0 aliphatic carbocycles. The molecule has 0 spiro atoms. The quantitative estimate of drug-likeness (QED) is 0.405. The van der Waals surface area contributed by atoms with Crippen LogP contribution < -0.4 is 4.57 Å². The smallest absolute Gasteiger partial charge is 0.257 e. The molecule has 5 heterocycles. The Balaban J connectivity index is 2.02. The molecule has 4 aromatic heterocycles. The highest BCUT2D eigenvalue weighted by atomic mass is 15.2. The summed E-state index contributed by atoms with van der Waals surface area (Å²) in [6, 6.07) is 7.55. The van der Waals surface area contributed by atoms with Gasteiger partial charge in [-0.25, -0.2) is 19.1 Å². The Morgan fingerprint density at radius 3 is 3.00 bits per heavy atom. The van der Waals surface area contributed by atoms with Crippen LogP contribution >= 0.6 is 0 Å². The molecule has 0 aromatic carbocycles. The first-order valence-electron chi connectivity index (χ1n) is 8.31. The van der Waals surface area contributed by atoms with E-state index in [2.05, 4.69) is 20.6 Å². The number of aryl methyl sites for hydroxylation is 2. The molecule has 0 radical (unpaired) electrons. The van der Waals surface area contributed by atoms with Crippen LogP contribution in [0.4, 0.5) is 0 Å². The van der Waals surface area contributed by atoms with Gasteiger partial charge in [0.05, 0.1) is 24.7 Å². The number of hydrogen-bond acceptors (Lipinski definition) is 2. The topological polar surface area (TPSA) is 39.5 Å². The molecule has 102 valence electrons. The summed E-state index contributed by atoms with van der Waals surface area (Å²) >= 11 is 0. The van der Waals surface area contributed by atoms with E-state index < -0.39 is 6.98 Å². The molecule has 0 unspecified atom stereocenters. The molecule has 5 nitrogen and oxygen atoms in total. The fourth-order valence-electron chi connectivity index (χ4n) is 3.41. The van der Waals surface area contributed by atoms with Gasteiger partial charge in [0.25, 0.3) is 11.5 Å². The average Bonchev–Trinajstić information content (AvgIpc) is 3.15. The Labute approximate surface area is 125 Å². The minimum absolute atomic E-state index is 0.623. The van der Waals surface area contributed by atoms with Crippen molar-refractivity contribution in [2.45, 2.75) is 6.54 Å². The summed E-state index contributed by atoms with van der Waals surface area (Å²) in [7, 11) is 1.89. The summed E-state index contributed by atoms with van der Waals surface area (Å²) in [6.45, 7) is -1.61. The SMILES string of the molecule is [2H]C([2H])([2H])n1c2cccnc2c2c1[n+](C)c1n2Cc2cccnc2-1. The van der Waals surface area contributed by atoms with Gasteiger partial charge < -0.3 is 0 Å². The first-order chi connectivity index (χ1) is 11.5. The van der Waals surface area contributed by atoms with E-state index in [1.54, 1.807) is 18.5 Å². The van der Waals surface area contributed by atoms with E-state index in [1.165, 1.54) is 4.57 Å². The molecule has 0 bridgehead atoms. The minimum Gasteiger partial charge on any atom is -0.257 e. The van der Waals surface area contributed by atoms with Gasteiger partial charge in [-0.2, -0.15) is 0 Å². The standard InChI is InChI=1S/C16H14N5/c1-19-11-6-4-8-18-13(11)14-16(19)20(2)15-12-10(9-21(14)15)5-3-7-17-12/h3-8H,9H2,1-2H3/q+1/i1D3. The Morgan fingerprint density at radius 2 is 2.10 bits per heavy atom. The number of aromatic nitrogens is 5. The number of nitrogens with zero attached hydrogens (tertiary/aromatic N) is 5. The van der Waals surface area contributed by atoms with Crippen LogP contribution in [-0.2, 0) is 20.6 Å². The molecule has 5 rings (SSSR count). The molecule has 0 amide bonds. The second-order valence-corrected chi connectivity index (χ2v) is 5.36. The highest BCUT2D eigenvalue weighted by Gasteiger charge is 2.35. The maximum atomic E-state index is 7.98. The predicted molar refractivity (Wildman–Crippen MR) is 79.7 cm³/mol. The average molecular weight is 279 g/mol. The third kappa shape index (κ3) is 1.15. The molecule has 0 N–H and O–H groups in total. The van der Waals surface area contributed by atoms with Crippen molar-refractivity contribution in [3.05, 3.63) is 42.2 Å². The summed E-state index contributed by atoms with van der Waals surface area (Å²) in [4.78, 5) is 8.97. The number of hydrogen-bond donors (Lipinski definition) is 0. The van der Waals surface area contributed by atoms with Crippen LogP contribution in [0.2, 0.25) is 0 Å². The van der Waals surface area contributed by atoms with E-state index in [4.69, 9.17) is 4.11 Å². The number of fused-ring (bicyclic) bond motifs is 7. The fraction of sp³-hybridized carbons (Fsp3) is 0.188. The second kappa shape index (κ2) is 3.49. The van der Waals surface area contributed by atoms with Gasteiger partial charge in [-0.1, -0.05) is 6.07 Å². The van der Waals surface area contributed by atoms with E-state index in [-0.39, 0.29) is 0 Å². The third-order valence-corrected chi connectivity index (χ3v) is 4.27. The number of rotatable bonds is 0. The molecule has 5 heteroatoms. The van der Waals surface area contributed by atoms with Crippen LogP contribution in [0.15, 0.2) is 36.7 Å². The van der Waals surface area contributed by atoms with E-state index >= 15 is 0 Å². The van der Waals surface area contributed by atoms with Crippen LogP contribution in [0.25, 0.3) is 33.7 Å². The van der Waals surface area contributed by atoms with Gasteiger partial charge in [-0.3, -0.25) is 4.57 Å². The third-order valence-electron chi connectivity index (χ3n) is 4.27. The summed E-state index contributed by atoms with van der Waals surface area (Å²) in [6.07, 6.45) is 3.46. The highest BCUT2D eigenvalue weighted by Crippen LogP contribution is 2.35. The van der Waals surface area contributed by atoms with Crippen LogP contribution in [0.5, 0.6) is 0 Å². The Morgan fingerprint density at radius 1 is 1.24 bits per heavy atom. The van der Waals surface area contributed by atoms with Crippen molar-refractivity contribution in [1.29, 1.82) is 0 Å². The van der Waals surface area contributed by atoms with Crippen LogP contribution in [-0.4, -0.2) is 19.1 Å². The molecule has 0 atom stereocenters. The molecule has 21 heavy (non-hydrogen) atoms. The zero-order valence-electron chi connectivity index (χ0n) is 14.4. The highest BCUT2D eigenvalue weighted by molar-refractivity contribution is 6.02. The summed E-state index contributed by atoms with van der Waals surface area (Å²) in [5.41, 5.74) is 4.86. The van der Waals surface area contributed by atoms with Crippen molar-refractivity contribution in [1.82, 2.24) is 19.1 Å².